The van der Waals surface area contributed by atoms with Crippen LogP contribution < -0.4 is 11.1 Å². The van der Waals surface area contributed by atoms with Gasteiger partial charge >= 0.3 is 5.97 Å². The van der Waals surface area contributed by atoms with E-state index < -0.39 is 29.4 Å². The average Bonchev–Trinajstić information content (AvgIpc) is 2.69. The van der Waals surface area contributed by atoms with Gasteiger partial charge < -0.3 is 16.2 Å². The Kier molecular flexibility index (Phi) is 4.31. The Bertz CT molecular complexity index is 476. The molecule has 1 aromatic heterocycles. The molecule has 1 rings (SSSR count). The lowest BCUT2D eigenvalue weighted by Gasteiger charge is -2.28. The fourth-order valence-corrected chi connectivity index (χ4v) is 1.63. The first-order chi connectivity index (χ1) is 8.62. The number of nitrogens with one attached hydrogen (secondary N) is 1. The summed E-state index contributed by atoms with van der Waals surface area (Å²) in [5.74, 6) is -1.62. The third-order valence-corrected chi connectivity index (χ3v) is 2.77. The number of carbonyl (C=O) groups excluding carboxylic acids is 1. The SMILES string of the molecule is Cn1cc(C(N)C(=O)N[C@H](C(=O)O)C(C)(C)C)cn1. The van der Waals surface area contributed by atoms with Crippen molar-refractivity contribution < 1.29 is 14.7 Å². The summed E-state index contributed by atoms with van der Waals surface area (Å²) in [6, 6.07) is -1.93. The predicted octanol–water partition coefficient (Wildman–Crippen LogP) is 0.0354. The highest BCUT2D eigenvalue weighted by atomic mass is 16.4. The molecule has 0 saturated carbocycles. The summed E-state index contributed by atoms with van der Waals surface area (Å²) in [6.45, 7) is 5.21. The average molecular weight is 268 g/mol. The number of aromatic nitrogens is 2. The highest BCUT2D eigenvalue weighted by Crippen LogP contribution is 2.20. The minimum atomic E-state index is -1.08. The van der Waals surface area contributed by atoms with Gasteiger partial charge in [0.15, 0.2) is 0 Å². The van der Waals surface area contributed by atoms with E-state index in [1.165, 1.54) is 10.9 Å². The zero-order chi connectivity index (χ0) is 14.8. The maximum absolute atomic E-state index is 12.0. The van der Waals surface area contributed by atoms with Crippen molar-refractivity contribution in [3.8, 4) is 0 Å². The maximum Gasteiger partial charge on any atom is 0.326 e. The zero-order valence-electron chi connectivity index (χ0n) is 11.5. The summed E-state index contributed by atoms with van der Waals surface area (Å²) in [6.07, 6.45) is 3.11. The van der Waals surface area contributed by atoms with E-state index in [0.29, 0.717) is 5.56 Å². The summed E-state index contributed by atoms with van der Waals surface area (Å²) in [5, 5.41) is 15.5. The number of amides is 1. The predicted molar refractivity (Wildman–Crippen MR) is 69.2 cm³/mol. The Morgan fingerprint density at radius 1 is 1.47 bits per heavy atom. The fraction of sp³-hybridized carbons (Fsp3) is 0.583. The van der Waals surface area contributed by atoms with Crippen molar-refractivity contribution in [3.05, 3.63) is 18.0 Å². The molecule has 7 nitrogen and oxygen atoms in total. The molecule has 0 aliphatic rings. The summed E-state index contributed by atoms with van der Waals surface area (Å²) < 4.78 is 1.53. The molecule has 1 aromatic rings. The van der Waals surface area contributed by atoms with Crippen LogP contribution in [0, 0.1) is 5.41 Å². The van der Waals surface area contributed by atoms with Crippen LogP contribution in [-0.2, 0) is 16.6 Å². The van der Waals surface area contributed by atoms with Crippen LogP contribution in [0.4, 0.5) is 0 Å². The maximum atomic E-state index is 12.0. The molecule has 0 aliphatic heterocycles. The number of nitrogens with two attached hydrogens (primary N) is 1. The molecule has 0 aliphatic carbocycles. The normalized spacial score (nSPS) is 14.8. The molecule has 19 heavy (non-hydrogen) atoms. The molecule has 7 heteroatoms. The number of carboxylic acid groups (broad SMARTS) is 1. The minimum absolute atomic E-state index is 0.532. The van der Waals surface area contributed by atoms with E-state index in [1.54, 1.807) is 34.0 Å². The summed E-state index contributed by atoms with van der Waals surface area (Å²) >= 11 is 0. The largest absolute Gasteiger partial charge is 0.480 e. The van der Waals surface area contributed by atoms with Gasteiger partial charge in [0.2, 0.25) is 5.91 Å². The first kappa shape index (κ1) is 15.2. The van der Waals surface area contributed by atoms with Gasteiger partial charge in [-0.2, -0.15) is 5.10 Å². The van der Waals surface area contributed by atoms with E-state index in [-0.39, 0.29) is 0 Å². The first-order valence-electron chi connectivity index (χ1n) is 5.90. The van der Waals surface area contributed by atoms with Crippen LogP contribution in [0.5, 0.6) is 0 Å². The van der Waals surface area contributed by atoms with Crippen LogP contribution in [0.1, 0.15) is 32.4 Å². The van der Waals surface area contributed by atoms with Gasteiger partial charge in [0.25, 0.3) is 0 Å². The lowest BCUT2D eigenvalue weighted by Crippen LogP contribution is -2.51. The Hall–Kier alpha value is -1.89. The highest BCUT2D eigenvalue weighted by Gasteiger charge is 2.34. The van der Waals surface area contributed by atoms with Crippen LogP contribution in [0.3, 0.4) is 0 Å². The summed E-state index contributed by atoms with van der Waals surface area (Å²) in [4.78, 5) is 23.2. The molecule has 0 saturated heterocycles. The van der Waals surface area contributed by atoms with Crippen LogP contribution in [0.25, 0.3) is 0 Å². The lowest BCUT2D eigenvalue weighted by atomic mass is 9.86. The van der Waals surface area contributed by atoms with Gasteiger partial charge in [-0.3, -0.25) is 9.48 Å². The van der Waals surface area contributed by atoms with Crippen molar-refractivity contribution in [3.63, 3.8) is 0 Å². The highest BCUT2D eigenvalue weighted by molar-refractivity contribution is 5.87. The standard InChI is InChI=1S/C12H20N4O3/c1-12(2,3)9(11(18)19)15-10(17)8(13)7-5-14-16(4)6-7/h5-6,8-9H,13H2,1-4H3,(H,15,17)(H,18,19)/t8?,9-/m1/s1. The van der Waals surface area contributed by atoms with Crippen molar-refractivity contribution in [2.75, 3.05) is 0 Å². The van der Waals surface area contributed by atoms with Gasteiger partial charge in [0.05, 0.1) is 6.20 Å². The van der Waals surface area contributed by atoms with Crippen molar-refractivity contribution in [1.29, 1.82) is 0 Å². The molecule has 0 aromatic carbocycles. The molecular formula is C12H20N4O3. The monoisotopic (exact) mass is 268 g/mol. The molecule has 2 atom stereocenters. The smallest absolute Gasteiger partial charge is 0.326 e. The van der Waals surface area contributed by atoms with Gasteiger partial charge in [-0.1, -0.05) is 20.8 Å². The quantitative estimate of drug-likeness (QED) is 0.714. The van der Waals surface area contributed by atoms with E-state index in [0.717, 1.165) is 0 Å². The van der Waals surface area contributed by atoms with E-state index in [4.69, 9.17) is 10.8 Å². The molecule has 0 bridgehead atoms. The molecule has 0 fully saturated rings. The second kappa shape index (κ2) is 5.40. The van der Waals surface area contributed by atoms with Crippen molar-refractivity contribution >= 4 is 11.9 Å². The summed E-state index contributed by atoms with van der Waals surface area (Å²) in [5.41, 5.74) is 5.72. The zero-order valence-corrected chi connectivity index (χ0v) is 11.5. The molecule has 1 amide bonds. The van der Waals surface area contributed by atoms with Crippen LogP contribution in [-0.4, -0.2) is 32.8 Å². The second-order valence-corrected chi connectivity index (χ2v) is 5.57. The molecule has 1 heterocycles. The fourth-order valence-electron chi connectivity index (χ4n) is 1.63. The van der Waals surface area contributed by atoms with Crippen molar-refractivity contribution in [1.82, 2.24) is 15.1 Å². The Balaban J connectivity index is 2.80. The van der Waals surface area contributed by atoms with E-state index >= 15 is 0 Å². The van der Waals surface area contributed by atoms with Crippen LogP contribution in [0.15, 0.2) is 12.4 Å². The number of hydrogen-bond donors (Lipinski definition) is 3. The second-order valence-electron chi connectivity index (χ2n) is 5.57. The number of rotatable bonds is 4. The van der Waals surface area contributed by atoms with Gasteiger partial charge in [0.1, 0.15) is 12.1 Å². The van der Waals surface area contributed by atoms with Gasteiger partial charge in [-0.15, -0.1) is 0 Å². The number of nitrogens with zero attached hydrogens (tertiary/aromatic N) is 2. The third-order valence-electron chi connectivity index (χ3n) is 2.77. The Labute approximate surface area is 111 Å². The minimum Gasteiger partial charge on any atom is -0.480 e. The van der Waals surface area contributed by atoms with E-state index in [1.807, 2.05) is 0 Å². The van der Waals surface area contributed by atoms with E-state index in [2.05, 4.69) is 10.4 Å². The van der Waals surface area contributed by atoms with Crippen molar-refractivity contribution in [2.45, 2.75) is 32.9 Å². The van der Waals surface area contributed by atoms with Crippen LogP contribution >= 0.6 is 0 Å². The third kappa shape index (κ3) is 3.78. The molecule has 4 N–H and O–H groups in total. The van der Waals surface area contributed by atoms with Gasteiger partial charge in [-0.05, 0) is 5.41 Å². The molecule has 0 spiro atoms. The Morgan fingerprint density at radius 2 is 2.05 bits per heavy atom. The number of carboxylic acids is 1. The molecular weight excluding hydrogens is 248 g/mol. The summed E-state index contributed by atoms with van der Waals surface area (Å²) in [7, 11) is 1.71. The number of hydrogen-bond acceptors (Lipinski definition) is 4. The topological polar surface area (TPSA) is 110 Å². The molecule has 1 unspecified atom stereocenters. The number of aryl methyl sites for hydroxylation is 1. The first-order valence-corrected chi connectivity index (χ1v) is 5.90. The van der Waals surface area contributed by atoms with Crippen molar-refractivity contribution in [2.24, 2.45) is 18.2 Å². The van der Waals surface area contributed by atoms with Gasteiger partial charge in [-0.25, -0.2) is 4.79 Å². The van der Waals surface area contributed by atoms with E-state index in [9.17, 15) is 9.59 Å². The Morgan fingerprint density at radius 3 is 2.42 bits per heavy atom. The lowest BCUT2D eigenvalue weighted by molar-refractivity contribution is -0.145. The number of carbonyl (C=O) groups is 2. The molecule has 106 valence electrons. The number of aliphatic carboxylic acids is 1. The molecule has 0 radical (unpaired) electrons. The van der Waals surface area contributed by atoms with Crippen LogP contribution in [0.2, 0.25) is 0 Å². The van der Waals surface area contributed by atoms with Gasteiger partial charge in [0, 0.05) is 18.8 Å².